The van der Waals surface area contributed by atoms with Crippen molar-refractivity contribution in [2.75, 3.05) is 7.11 Å². The highest BCUT2D eigenvalue weighted by molar-refractivity contribution is 5.95. The molecule has 0 spiro atoms. The number of rotatable bonds is 10. The van der Waals surface area contributed by atoms with Crippen LogP contribution in [0.5, 0.6) is 0 Å². The summed E-state index contributed by atoms with van der Waals surface area (Å²) in [7, 11) is 1.65. The summed E-state index contributed by atoms with van der Waals surface area (Å²) in [6.07, 6.45) is 11.3. The van der Waals surface area contributed by atoms with Gasteiger partial charge in [-0.1, -0.05) is 51.5 Å². The Morgan fingerprint density at radius 3 is 2.10 bits per heavy atom. The lowest BCUT2D eigenvalue weighted by Gasteiger charge is -2.30. The largest absolute Gasteiger partial charge is 0.362 e. The van der Waals surface area contributed by atoms with Crippen LogP contribution in [-0.2, 0) is 9.53 Å². The van der Waals surface area contributed by atoms with E-state index in [0.717, 1.165) is 24.0 Å². The molecule has 1 aliphatic rings. The first-order chi connectivity index (χ1) is 10.0. The Morgan fingerprint density at radius 2 is 1.62 bits per heavy atom. The SMILES string of the molecule is CCCCCCCCCC(=O)C1(OC)C(C)=CC(C)=C1C. The Kier molecular flexibility index (Phi) is 7.37. The molecule has 0 amide bonds. The maximum absolute atomic E-state index is 12.7. The topological polar surface area (TPSA) is 26.3 Å². The Hall–Kier alpha value is -0.890. The molecule has 1 aliphatic carbocycles. The first kappa shape index (κ1) is 18.2. The van der Waals surface area contributed by atoms with Crippen LogP contribution >= 0.6 is 0 Å². The summed E-state index contributed by atoms with van der Waals surface area (Å²) < 4.78 is 5.69. The summed E-state index contributed by atoms with van der Waals surface area (Å²) in [5, 5.41) is 0. The smallest absolute Gasteiger partial charge is 0.173 e. The zero-order chi connectivity index (χ0) is 15.9. The van der Waals surface area contributed by atoms with Gasteiger partial charge in [0.1, 0.15) is 0 Å². The highest BCUT2D eigenvalue weighted by Crippen LogP contribution is 2.39. The van der Waals surface area contributed by atoms with E-state index in [4.69, 9.17) is 4.74 Å². The van der Waals surface area contributed by atoms with E-state index in [0.29, 0.717) is 6.42 Å². The summed E-state index contributed by atoms with van der Waals surface area (Å²) in [6, 6.07) is 0. The van der Waals surface area contributed by atoms with Crippen molar-refractivity contribution in [3.8, 4) is 0 Å². The van der Waals surface area contributed by atoms with Crippen LogP contribution in [-0.4, -0.2) is 18.5 Å². The summed E-state index contributed by atoms with van der Waals surface area (Å²) in [5.74, 6) is 0.224. The second-order valence-corrected chi connectivity index (χ2v) is 6.32. The van der Waals surface area contributed by atoms with Crippen molar-refractivity contribution < 1.29 is 9.53 Å². The Labute approximate surface area is 130 Å². The maximum Gasteiger partial charge on any atom is 0.173 e. The Bertz CT molecular complexity index is 417. The van der Waals surface area contributed by atoms with Crippen molar-refractivity contribution in [2.45, 2.75) is 84.7 Å². The van der Waals surface area contributed by atoms with Gasteiger partial charge in [0.2, 0.25) is 0 Å². The molecule has 0 bridgehead atoms. The molecule has 1 unspecified atom stereocenters. The van der Waals surface area contributed by atoms with E-state index in [1.165, 1.54) is 37.7 Å². The quantitative estimate of drug-likeness (QED) is 0.505. The fourth-order valence-electron chi connectivity index (χ4n) is 3.38. The Balaban J connectivity index is 2.46. The predicted molar refractivity (Wildman–Crippen MR) is 89.5 cm³/mol. The third-order valence-corrected chi connectivity index (χ3v) is 4.81. The molecule has 0 aromatic rings. The van der Waals surface area contributed by atoms with Gasteiger partial charge in [0.25, 0.3) is 0 Å². The number of allylic oxidation sites excluding steroid dienone is 2. The highest BCUT2D eigenvalue weighted by atomic mass is 16.5. The Morgan fingerprint density at radius 1 is 1.05 bits per heavy atom. The molecule has 0 saturated heterocycles. The van der Waals surface area contributed by atoms with E-state index in [2.05, 4.69) is 19.9 Å². The number of hydrogen-bond acceptors (Lipinski definition) is 2. The standard InChI is InChI=1S/C19H32O2/c1-6-7-8-9-10-11-12-13-18(20)19(21-5)16(3)14-15(2)17(19)4/h14H,6-13H2,1-5H3. The summed E-state index contributed by atoms with van der Waals surface area (Å²) in [5.41, 5.74) is 2.50. The number of ketones is 1. The molecule has 0 heterocycles. The van der Waals surface area contributed by atoms with Gasteiger partial charge in [0.05, 0.1) is 0 Å². The van der Waals surface area contributed by atoms with Crippen LogP contribution in [0.15, 0.2) is 22.8 Å². The number of carbonyl (C=O) groups is 1. The maximum atomic E-state index is 12.7. The fraction of sp³-hybridized carbons (Fsp3) is 0.737. The van der Waals surface area contributed by atoms with Gasteiger partial charge < -0.3 is 4.74 Å². The third kappa shape index (κ3) is 4.06. The molecular weight excluding hydrogens is 260 g/mol. The van der Waals surface area contributed by atoms with Gasteiger partial charge >= 0.3 is 0 Å². The van der Waals surface area contributed by atoms with Gasteiger partial charge in [0.15, 0.2) is 11.4 Å². The van der Waals surface area contributed by atoms with E-state index >= 15 is 0 Å². The van der Waals surface area contributed by atoms with Crippen LogP contribution in [0.2, 0.25) is 0 Å². The zero-order valence-corrected chi connectivity index (χ0v) is 14.6. The van der Waals surface area contributed by atoms with Crippen LogP contribution in [0.4, 0.5) is 0 Å². The summed E-state index contributed by atoms with van der Waals surface area (Å²) >= 11 is 0. The lowest BCUT2D eigenvalue weighted by molar-refractivity contribution is -0.133. The minimum Gasteiger partial charge on any atom is -0.362 e. The van der Waals surface area contributed by atoms with Crippen molar-refractivity contribution in [2.24, 2.45) is 0 Å². The molecule has 0 N–H and O–H groups in total. The van der Waals surface area contributed by atoms with Crippen LogP contribution in [0, 0.1) is 0 Å². The molecule has 0 radical (unpaired) electrons. The lowest BCUT2D eigenvalue weighted by Crippen LogP contribution is -2.41. The first-order valence-electron chi connectivity index (χ1n) is 8.45. The molecule has 0 saturated carbocycles. The second-order valence-electron chi connectivity index (χ2n) is 6.32. The minimum atomic E-state index is -0.772. The summed E-state index contributed by atoms with van der Waals surface area (Å²) in [4.78, 5) is 12.7. The lowest BCUT2D eigenvalue weighted by atomic mass is 9.84. The van der Waals surface area contributed by atoms with E-state index in [1.807, 2.05) is 13.8 Å². The molecule has 0 fully saturated rings. The second kappa shape index (κ2) is 8.53. The normalized spacial score (nSPS) is 21.9. The monoisotopic (exact) mass is 292 g/mol. The molecule has 0 aromatic heterocycles. The molecule has 120 valence electrons. The predicted octanol–water partition coefficient (Wildman–Crippen LogP) is 5.38. The van der Waals surface area contributed by atoms with Crippen molar-refractivity contribution in [1.29, 1.82) is 0 Å². The van der Waals surface area contributed by atoms with E-state index in [9.17, 15) is 4.79 Å². The van der Waals surface area contributed by atoms with Gasteiger partial charge in [-0.2, -0.15) is 0 Å². The van der Waals surface area contributed by atoms with Crippen molar-refractivity contribution >= 4 is 5.78 Å². The zero-order valence-electron chi connectivity index (χ0n) is 14.6. The first-order valence-corrected chi connectivity index (χ1v) is 8.45. The highest BCUT2D eigenvalue weighted by Gasteiger charge is 2.44. The average Bonchev–Trinajstić information content (AvgIpc) is 2.68. The molecule has 2 nitrogen and oxygen atoms in total. The average molecular weight is 292 g/mol. The van der Waals surface area contributed by atoms with Crippen LogP contribution < -0.4 is 0 Å². The third-order valence-electron chi connectivity index (χ3n) is 4.81. The molecule has 21 heavy (non-hydrogen) atoms. The number of methoxy groups -OCH3 is 1. The van der Waals surface area contributed by atoms with E-state index < -0.39 is 5.60 Å². The molecule has 1 atom stereocenters. The van der Waals surface area contributed by atoms with Gasteiger partial charge in [-0.15, -0.1) is 0 Å². The van der Waals surface area contributed by atoms with Gasteiger partial charge in [-0.3, -0.25) is 4.79 Å². The minimum absolute atomic E-state index is 0.224. The van der Waals surface area contributed by atoms with Crippen LogP contribution in [0.3, 0.4) is 0 Å². The van der Waals surface area contributed by atoms with Crippen molar-refractivity contribution in [3.05, 3.63) is 22.8 Å². The van der Waals surface area contributed by atoms with E-state index in [-0.39, 0.29) is 5.78 Å². The van der Waals surface area contributed by atoms with Gasteiger partial charge in [0, 0.05) is 13.5 Å². The fourth-order valence-corrected chi connectivity index (χ4v) is 3.38. The molecule has 0 aliphatic heterocycles. The van der Waals surface area contributed by atoms with E-state index in [1.54, 1.807) is 7.11 Å². The van der Waals surface area contributed by atoms with Crippen LogP contribution in [0.25, 0.3) is 0 Å². The number of carbonyl (C=O) groups excluding carboxylic acids is 1. The van der Waals surface area contributed by atoms with Crippen LogP contribution in [0.1, 0.15) is 79.1 Å². The molecular formula is C19H32O2. The molecule has 2 heteroatoms. The van der Waals surface area contributed by atoms with Crippen molar-refractivity contribution in [1.82, 2.24) is 0 Å². The summed E-state index contributed by atoms with van der Waals surface area (Å²) in [6.45, 7) is 8.32. The number of ether oxygens (including phenoxy) is 1. The number of Topliss-reactive ketones (excluding diaryl/α,β-unsaturated/α-hetero) is 1. The van der Waals surface area contributed by atoms with Gasteiger partial charge in [-0.05, 0) is 43.9 Å². The molecule has 0 aromatic carbocycles. The number of hydrogen-bond donors (Lipinski definition) is 0. The number of unbranched alkanes of at least 4 members (excludes halogenated alkanes) is 6. The molecule has 1 rings (SSSR count). The van der Waals surface area contributed by atoms with Crippen molar-refractivity contribution in [3.63, 3.8) is 0 Å². The van der Waals surface area contributed by atoms with Gasteiger partial charge in [-0.25, -0.2) is 0 Å².